The second-order valence-electron chi connectivity index (χ2n) is 8.76. The number of methoxy groups -OCH3 is 1. The van der Waals surface area contributed by atoms with Crippen LogP contribution in [0.4, 0.5) is 0 Å². The first-order valence-electron chi connectivity index (χ1n) is 12.2. The molecule has 0 fully saturated rings. The van der Waals surface area contributed by atoms with Gasteiger partial charge < -0.3 is 59.7 Å². The number of sulfonamides is 1. The van der Waals surface area contributed by atoms with E-state index in [4.69, 9.17) is 4.74 Å². The van der Waals surface area contributed by atoms with E-state index < -0.39 is 16.1 Å². The summed E-state index contributed by atoms with van der Waals surface area (Å²) in [5.41, 5.74) is 3.15. The number of rotatable bonds is 12. The standard InChI is InChI=1S/C30H31IN2O3S.4ClH.Ru/c1-36-27-18-14-23(15-19-27)9-8-22-32-29(24-10-4-2-5-11-24)30(25-12-6-3-7-13-25)33-37(34,35)28-20-16-26(31)17-21-28;;;;;/h2-7,10-21,29-30,32-33H,8-9,22H2,1H3;4*1H;/q;;;;;+4/p-4/t29-,30-;;;;;/m1...../s1. The topological polar surface area (TPSA) is 67.4 Å². The van der Waals surface area contributed by atoms with Crippen molar-refractivity contribution in [3.05, 3.63) is 129 Å². The van der Waals surface area contributed by atoms with Crippen LogP contribution in [0.3, 0.4) is 0 Å². The first-order chi connectivity index (χ1) is 18.0. The van der Waals surface area contributed by atoms with E-state index in [2.05, 4.69) is 44.8 Å². The zero-order valence-corrected chi connectivity index (χ0v) is 30.3. The zero-order valence-electron chi connectivity index (χ0n) is 22.5. The van der Waals surface area contributed by atoms with Gasteiger partial charge in [0.25, 0.3) is 0 Å². The normalized spacial score (nSPS) is 11.6. The summed E-state index contributed by atoms with van der Waals surface area (Å²) < 4.78 is 36.2. The van der Waals surface area contributed by atoms with Crippen LogP contribution in [0.25, 0.3) is 0 Å². The zero-order chi connectivity index (χ0) is 26.1. The van der Waals surface area contributed by atoms with Crippen molar-refractivity contribution in [3.8, 4) is 5.75 Å². The van der Waals surface area contributed by atoms with Crippen LogP contribution >= 0.6 is 22.6 Å². The maximum absolute atomic E-state index is 13.5. The molecule has 5 nitrogen and oxygen atoms in total. The van der Waals surface area contributed by atoms with Gasteiger partial charge in [-0.05, 0) is 95.1 Å². The minimum atomic E-state index is -3.76. The van der Waals surface area contributed by atoms with E-state index in [-0.39, 0.29) is 80.0 Å². The molecule has 0 aliphatic carbocycles. The average Bonchev–Trinajstić information content (AvgIpc) is 2.93. The van der Waals surface area contributed by atoms with Crippen LogP contribution in [0.5, 0.6) is 5.75 Å². The van der Waals surface area contributed by atoms with Crippen LogP contribution < -0.4 is 64.4 Å². The molecule has 0 aliphatic rings. The summed E-state index contributed by atoms with van der Waals surface area (Å²) in [6.45, 7) is 0.722. The molecule has 12 heteroatoms. The van der Waals surface area contributed by atoms with Crippen molar-refractivity contribution in [2.75, 3.05) is 13.7 Å². The molecule has 0 bridgehead atoms. The quantitative estimate of drug-likeness (QED) is 0.0849. The van der Waals surface area contributed by atoms with E-state index in [1.54, 1.807) is 31.4 Å². The Balaban J connectivity index is 0. The van der Waals surface area contributed by atoms with Gasteiger partial charge in [-0.3, -0.25) is 0 Å². The molecule has 0 radical (unpaired) electrons. The third-order valence-electron chi connectivity index (χ3n) is 6.22. The summed E-state index contributed by atoms with van der Waals surface area (Å²) in [6.07, 6.45) is 1.81. The average molecular weight is 869 g/mol. The van der Waals surface area contributed by atoms with Gasteiger partial charge in [-0.1, -0.05) is 72.8 Å². The molecule has 0 amide bonds. The minimum Gasteiger partial charge on any atom is -1.00 e. The molecule has 0 spiro atoms. The summed E-state index contributed by atoms with van der Waals surface area (Å²) in [4.78, 5) is 0.250. The molecular weight excluding hydrogens is 838 g/mol. The minimum absolute atomic E-state index is 0. The monoisotopic (exact) mass is 868 g/mol. The second kappa shape index (κ2) is 21.7. The number of halogens is 5. The Morgan fingerprint density at radius 1 is 0.714 bits per heavy atom. The molecule has 228 valence electrons. The Kier molecular flexibility index (Phi) is 22.3. The van der Waals surface area contributed by atoms with Crippen molar-refractivity contribution in [1.82, 2.24) is 10.0 Å². The number of benzene rings is 4. The van der Waals surface area contributed by atoms with Gasteiger partial charge in [0.1, 0.15) is 5.75 Å². The number of aryl methyl sites for hydroxylation is 1. The fourth-order valence-electron chi connectivity index (χ4n) is 4.27. The largest absolute Gasteiger partial charge is 4.00 e. The number of ether oxygens (including phenoxy) is 1. The van der Waals surface area contributed by atoms with Gasteiger partial charge in [-0.25, -0.2) is 13.1 Å². The van der Waals surface area contributed by atoms with Gasteiger partial charge in [-0.15, -0.1) is 0 Å². The Morgan fingerprint density at radius 3 is 1.71 bits per heavy atom. The maximum Gasteiger partial charge on any atom is 4.00 e. The van der Waals surface area contributed by atoms with Crippen molar-refractivity contribution in [2.45, 2.75) is 29.8 Å². The summed E-state index contributed by atoms with van der Waals surface area (Å²) in [6, 6.07) is 34.0. The third kappa shape index (κ3) is 12.6. The fraction of sp³-hybridized carbons (Fsp3) is 0.200. The number of hydrogen-bond donors (Lipinski definition) is 2. The van der Waals surface area contributed by atoms with E-state index in [0.717, 1.165) is 39.8 Å². The van der Waals surface area contributed by atoms with E-state index in [1.807, 2.05) is 72.8 Å². The van der Waals surface area contributed by atoms with Crippen molar-refractivity contribution in [1.29, 1.82) is 0 Å². The summed E-state index contributed by atoms with van der Waals surface area (Å²) in [7, 11) is -2.10. The van der Waals surface area contributed by atoms with Crippen molar-refractivity contribution < 1.29 is 82.3 Å². The second-order valence-corrected chi connectivity index (χ2v) is 11.7. The smallest absolute Gasteiger partial charge is 1.00 e. The van der Waals surface area contributed by atoms with Crippen LogP contribution in [-0.4, -0.2) is 22.1 Å². The molecule has 0 aliphatic heterocycles. The number of hydrogen-bond acceptors (Lipinski definition) is 4. The molecular formula is C30H31Cl4IN2O3RuS. The van der Waals surface area contributed by atoms with E-state index in [1.165, 1.54) is 5.56 Å². The Bertz CT molecular complexity index is 1370. The molecule has 0 saturated heterocycles. The molecule has 2 N–H and O–H groups in total. The van der Waals surface area contributed by atoms with Crippen LogP contribution in [0.15, 0.2) is 114 Å². The molecule has 0 aromatic heterocycles. The summed E-state index contributed by atoms with van der Waals surface area (Å²) in [5, 5.41) is 3.66. The Morgan fingerprint density at radius 2 is 1.21 bits per heavy atom. The van der Waals surface area contributed by atoms with E-state index in [9.17, 15) is 8.42 Å². The first-order valence-corrected chi connectivity index (χ1v) is 14.8. The first kappa shape index (κ1) is 43.2. The molecule has 4 rings (SSSR count). The van der Waals surface area contributed by atoms with Gasteiger partial charge >= 0.3 is 19.5 Å². The molecule has 4 aromatic carbocycles. The van der Waals surface area contributed by atoms with Crippen LogP contribution in [0.2, 0.25) is 0 Å². The number of nitrogens with one attached hydrogen (secondary N) is 2. The van der Waals surface area contributed by atoms with Gasteiger partial charge in [0, 0.05) is 3.57 Å². The Labute approximate surface area is 301 Å². The molecule has 0 unspecified atom stereocenters. The van der Waals surface area contributed by atoms with E-state index in [0.29, 0.717) is 0 Å². The molecule has 0 saturated carbocycles. The van der Waals surface area contributed by atoms with Gasteiger partial charge in [0.05, 0.1) is 24.1 Å². The Hall–Kier alpha value is -0.937. The maximum atomic E-state index is 13.5. The van der Waals surface area contributed by atoms with Crippen LogP contribution in [0.1, 0.15) is 35.2 Å². The van der Waals surface area contributed by atoms with Gasteiger partial charge in [-0.2, -0.15) is 0 Å². The predicted octanol–water partition coefficient (Wildman–Crippen LogP) is -5.70. The fourth-order valence-corrected chi connectivity index (χ4v) is 5.87. The SMILES string of the molecule is COc1ccc(CCCN[C@H](c2ccccc2)[C@H](NS(=O)(=O)c2ccc(I)cc2)c2ccccc2)cc1.[Cl-].[Cl-].[Cl-].[Cl-].[Ru+4]. The van der Waals surface area contributed by atoms with Gasteiger partial charge in [0.2, 0.25) is 10.0 Å². The van der Waals surface area contributed by atoms with E-state index >= 15 is 0 Å². The van der Waals surface area contributed by atoms with Crippen molar-refractivity contribution in [3.63, 3.8) is 0 Å². The van der Waals surface area contributed by atoms with Gasteiger partial charge in [0.15, 0.2) is 0 Å². The summed E-state index contributed by atoms with van der Waals surface area (Å²) in [5.74, 6) is 0.845. The van der Waals surface area contributed by atoms with Crippen LogP contribution in [0, 0.1) is 3.57 Å². The van der Waals surface area contributed by atoms with Crippen molar-refractivity contribution in [2.24, 2.45) is 0 Å². The molecule has 42 heavy (non-hydrogen) atoms. The van der Waals surface area contributed by atoms with Crippen molar-refractivity contribution >= 4 is 32.6 Å². The molecule has 4 aromatic rings. The molecule has 0 heterocycles. The van der Waals surface area contributed by atoms with Crippen LogP contribution in [-0.2, 0) is 35.9 Å². The predicted molar refractivity (Wildman–Crippen MR) is 157 cm³/mol. The summed E-state index contributed by atoms with van der Waals surface area (Å²) >= 11 is 2.17. The molecule has 2 atom stereocenters. The third-order valence-corrected chi connectivity index (χ3v) is 8.40.